The van der Waals surface area contributed by atoms with Crippen LogP contribution in [0.5, 0.6) is 0 Å². The van der Waals surface area contributed by atoms with Crippen LogP contribution in [0.4, 0.5) is 0 Å². The topological polar surface area (TPSA) is 59.3 Å². The van der Waals surface area contributed by atoms with E-state index < -0.39 is 5.97 Å². The maximum absolute atomic E-state index is 10.9. The number of allylic oxidation sites excluding steroid dienone is 1. The number of carbonyl (C=O) groups excluding carboxylic acids is 1. The lowest BCUT2D eigenvalue weighted by molar-refractivity contribution is -0.135. The Hall–Kier alpha value is -1.50. The third kappa shape index (κ3) is 2.62. The van der Waals surface area contributed by atoms with E-state index in [-0.39, 0.29) is 5.57 Å². The van der Waals surface area contributed by atoms with Gasteiger partial charge in [0.1, 0.15) is 11.8 Å². The number of rotatable bonds is 3. The molecule has 0 bridgehead atoms. The molecule has 0 atom stereocenters. The third-order valence-electron chi connectivity index (χ3n) is 1.21. The molecule has 0 fully saturated rings. The quantitative estimate of drug-likeness (QED) is 0.273. The lowest BCUT2D eigenvalue weighted by Gasteiger charge is -2.03. The van der Waals surface area contributed by atoms with E-state index in [1.54, 1.807) is 19.9 Å². The highest BCUT2D eigenvalue weighted by Crippen LogP contribution is 2.05. The van der Waals surface area contributed by atoms with Crippen LogP contribution < -0.4 is 0 Å². The number of ether oxygens (including phenoxy) is 2. The first-order chi connectivity index (χ1) is 5.67. The van der Waals surface area contributed by atoms with E-state index in [1.165, 1.54) is 7.11 Å². The van der Waals surface area contributed by atoms with Crippen molar-refractivity contribution in [2.75, 3.05) is 13.7 Å². The van der Waals surface area contributed by atoms with Gasteiger partial charge in [-0.05, 0) is 13.8 Å². The Labute approximate surface area is 71.4 Å². The van der Waals surface area contributed by atoms with Crippen molar-refractivity contribution in [3.05, 3.63) is 11.3 Å². The maximum Gasteiger partial charge on any atom is 0.352 e. The summed E-state index contributed by atoms with van der Waals surface area (Å²) in [4.78, 5) is 10.9. The van der Waals surface area contributed by atoms with E-state index >= 15 is 0 Å². The summed E-state index contributed by atoms with van der Waals surface area (Å²) in [7, 11) is 1.22. The zero-order chi connectivity index (χ0) is 9.56. The summed E-state index contributed by atoms with van der Waals surface area (Å²) in [6, 6.07) is 1.72. The Balaban J connectivity index is 4.64. The van der Waals surface area contributed by atoms with Gasteiger partial charge in [-0.25, -0.2) is 4.79 Å². The molecule has 0 aliphatic carbocycles. The molecule has 0 saturated heterocycles. The van der Waals surface area contributed by atoms with Crippen molar-refractivity contribution in [2.45, 2.75) is 13.8 Å². The molecule has 0 radical (unpaired) electrons. The fourth-order valence-electron chi connectivity index (χ4n) is 0.659. The highest BCUT2D eigenvalue weighted by Gasteiger charge is 2.13. The van der Waals surface area contributed by atoms with Crippen LogP contribution in [-0.2, 0) is 14.3 Å². The molecule has 0 aromatic rings. The molecule has 0 unspecified atom stereocenters. The van der Waals surface area contributed by atoms with Crippen LogP contribution in [0.1, 0.15) is 13.8 Å². The van der Waals surface area contributed by atoms with Crippen molar-refractivity contribution in [2.24, 2.45) is 0 Å². The van der Waals surface area contributed by atoms with Gasteiger partial charge in [-0.3, -0.25) is 0 Å². The van der Waals surface area contributed by atoms with Crippen molar-refractivity contribution >= 4 is 5.97 Å². The van der Waals surface area contributed by atoms with E-state index in [9.17, 15) is 4.79 Å². The highest BCUT2D eigenvalue weighted by molar-refractivity contribution is 5.93. The number of hydrogen-bond donors (Lipinski definition) is 0. The first-order valence-corrected chi connectivity index (χ1v) is 3.49. The average Bonchev–Trinajstić information content (AvgIpc) is 2.06. The van der Waals surface area contributed by atoms with E-state index in [0.29, 0.717) is 12.4 Å². The van der Waals surface area contributed by atoms with Crippen molar-refractivity contribution in [3.8, 4) is 6.07 Å². The van der Waals surface area contributed by atoms with Crippen molar-refractivity contribution in [3.63, 3.8) is 0 Å². The monoisotopic (exact) mass is 169 g/mol. The second kappa shape index (κ2) is 5.19. The molecule has 0 rings (SSSR count). The van der Waals surface area contributed by atoms with E-state index in [2.05, 4.69) is 4.74 Å². The molecule has 0 aromatic carbocycles. The van der Waals surface area contributed by atoms with Crippen LogP contribution in [0.25, 0.3) is 0 Å². The molecule has 66 valence electrons. The summed E-state index contributed by atoms with van der Waals surface area (Å²) in [6.45, 7) is 3.75. The van der Waals surface area contributed by atoms with Crippen molar-refractivity contribution in [1.82, 2.24) is 0 Å². The number of nitrogens with zero attached hydrogens (tertiary/aromatic N) is 1. The van der Waals surface area contributed by atoms with Gasteiger partial charge in [0.15, 0.2) is 5.57 Å². The summed E-state index contributed by atoms with van der Waals surface area (Å²) in [5.41, 5.74) is -0.0839. The first-order valence-electron chi connectivity index (χ1n) is 3.49. The minimum Gasteiger partial charge on any atom is -0.497 e. The van der Waals surface area contributed by atoms with Crippen LogP contribution >= 0.6 is 0 Å². The fraction of sp³-hybridized carbons (Fsp3) is 0.500. The second-order valence-electron chi connectivity index (χ2n) is 1.97. The molecule has 0 heterocycles. The van der Waals surface area contributed by atoms with Crippen LogP contribution in [0.2, 0.25) is 0 Å². The lowest BCUT2D eigenvalue weighted by atomic mass is 10.2. The molecular weight excluding hydrogens is 158 g/mol. The van der Waals surface area contributed by atoms with Crippen molar-refractivity contribution in [1.29, 1.82) is 5.26 Å². The Bertz CT molecular complexity index is 237. The third-order valence-corrected chi connectivity index (χ3v) is 1.21. The van der Waals surface area contributed by atoms with Gasteiger partial charge >= 0.3 is 5.97 Å². The standard InChI is InChI=1S/C8H11NO3/c1-4-12-6(2)7(5-9)8(10)11-3/h4H2,1-3H3. The summed E-state index contributed by atoms with van der Waals surface area (Å²) in [5.74, 6) is -0.365. The van der Waals surface area contributed by atoms with Crippen LogP contribution in [0, 0.1) is 11.3 Å². The SMILES string of the molecule is CCOC(C)=C(C#N)C(=O)OC. The van der Waals surface area contributed by atoms with Gasteiger partial charge in [-0.2, -0.15) is 5.26 Å². The Morgan fingerprint density at radius 3 is 2.50 bits per heavy atom. The van der Waals surface area contributed by atoms with Gasteiger partial charge in [-0.1, -0.05) is 0 Å². The van der Waals surface area contributed by atoms with E-state index in [0.717, 1.165) is 0 Å². The van der Waals surface area contributed by atoms with Gasteiger partial charge in [-0.15, -0.1) is 0 Å². The summed E-state index contributed by atoms with van der Waals surface area (Å²) in [5, 5.41) is 8.54. The zero-order valence-corrected chi connectivity index (χ0v) is 7.38. The molecule has 0 saturated carbocycles. The molecule has 0 aliphatic heterocycles. The van der Waals surface area contributed by atoms with Gasteiger partial charge in [0.05, 0.1) is 13.7 Å². The molecule has 0 aromatic heterocycles. The molecular formula is C8H11NO3. The zero-order valence-electron chi connectivity index (χ0n) is 7.38. The summed E-state index contributed by atoms with van der Waals surface area (Å²) < 4.78 is 9.35. The Morgan fingerprint density at radius 2 is 2.17 bits per heavy atom. The van der Waals surface area contributed by atoms with Crippen LogP contribution in [-0.4, -0.2) is 19.7 Å². The van der Waals surface area contributed by atoms with Gasteiger partial charge < -0.3 is 9.47 Å². The van der Waals surface area contributed by atoms with Crippen molar-refractivity contribution < 1.29 is 14.3 Å². The molecule has 4 heteroatoms. The Morgan fingerprint density at radius 1 is 1.58 bits per heavy atom. The highest BCUT2D eigenvalue weighted by atomic mass is 16.5. The summed E-state index contributed by atoms with van der Waals surface area (Å²) >= 11 is 0. The number of hydrogen-bond acceptors (Lipinski definition) is 4. The number of methoxy groups -OCH3 is 1. The number of esters is 1. The Kier molecular flexibility index (Phi) is 4.54. The average molecular weight is 169 g/mol. The fourth-order valence-corrected chi connectivity index (χ4v) is 0.659. The second-order valence-corrected chi connectivity index (χ2v) is 1.97. The molecule has 4 nitrogen and oxygen atoms in total. The largest absolute Gasteiger partial charge is 0.497 e. The molecule has 0 amide bonds. The maximum atomic E-state index is 10.9. The first kappa shape index (κ1) is 10.5. The summed E-state index contributed by atoms with van der Waals surface area (Å²) in [6.07, 6.45) is 0. The van der Waals surface area contributed by atoms with Gasteiger partial charge in [0, 0.05) is 0 Å². The minimum absolute atomic E-state index is 0.0839. The molecule has 0 spiro atoms. The predicted molar refractivity (Wildman–Crippen MR) is 42.0 cm³/mol. The lowest BCUT2D eigenvalue weighted by Crippen LogP contribution is -2.06. The van der Waals surface area contributed by atoms with Gasteiger partial charge in [0.2, 0.25) is 0 Å². The minimum atomic E-state index is -0.663. The smallest absolute Gasteiger partial charge is 0.352 e. The number of nitriles is 1. The normalized spacial score (nSPS) is 11.2. The number of carbonyl (C=O) groups is 1. The molecule has 0 N–H and O–H groups in total. The van der Waals surface area contributed by atoms with Gasteiger partial charge in [0.25, 0.3) is 0 Å². The van der Waals surface area contributed by atoms with Crippen LogP contribution in [0.15, 0.2) is 11.3 Å². The van der Waals surface area contributed by atoms with E-state index in [1.807, 2.05) is 0 Å². The molecule has 0 aliphatic rings. The molecule has 12 heavy (non-hydrogen) atoms. The van der Waals surface area contributed by atoms with E-state index in [4.69, 9.17) is 10.00 Å². The van der Waals surface area contributed by atoms with Crippen LogP contribution in [0.3, 0.4) is 0 Å². The predicted octanol–water partition coefficient (Wildman–Crippen LogP) is 0.993.